The van der Waals surface area contributed by atoms with Gasteiger partial charge in [-0.25, -0.2) is 0 Å². The Morgan fingerprint density at radius 1 is 1.71 bits per heavy atom. The quantitative estimate of drug-likeness (QED) is 0.504. The minimum absolute atomic E-state index is 0.173. The van der Waals surface area contributed by atoms with E-state index in [2.05, 4.69) is 15.2 Å². The van der Waals surface area contributed by atoms with Crippen molar-refractivity contribution in [3.8, 4) is 0 Å². The van der Waals surface area contributed by atoms with E-state index in [0.29, 0.717) is 23.4 Å². The zero-order valence-corrected chi connectivity index (χ0v) is 8.30. The molecule has 0 aliphatic carbocycles. The van der Waals surface area contributed by atoms with Crippen molar-refractivity contribution in [2.75, 3.05) is 0 Å². The van der Waals surface area contributed by atoms with E-state index in [9.17, 15) is 9.90 Å². The van der Waals surface area contributed by atoms with E-state index in [1.807, 2.05) is 0 Å². The zero-order valence-electron chi connectivity index (χ0n) is 7.49. The Kier molecular flexibility index (Phi) is 3.78. The van der Waals surface area contributed by atoms with Gasteiger partial charge in [0.25, 0.3) is 0 Å². The lowest BCUT2D eigenvalue weighted by molar-refractivity contribution is -0.118. The van der Waals surface area contributed by atoms with Gasteiger partial charge in [-0.2, -0.15) is 5.10 Å². The first-order valence-electron chi connectivity index (χ1n) is 4.18. The molecule has 1 atom stereocenters. The first-order chi connectivity index (χ1) is 6.58. The van der Waals surface area contributed by atoms with Crippen molar-refractivity contribution in [1.29, 1.82) is 0 Å². The molecule has 0 aliphatic rings. The third kappa shape index (κ3) is 3.67. The largest absolute Gasteiger partial charge is 0.393 e. The second kappa shape index (κ2) is 4.87. The van der Waals surface area contributed by atoms with Crippen LogP contribution in [-0.4, -0.2) is 32.3 Å². The van der Waals surface area contributed by atoms with Crippen LogP contribution in [-0.2, 0) is 11.2 Å². The van der Waals surface area contributed by atoms with Crippen molar-refractivity contribution in [3.63, 3.8) is 0 Å². The normalized spacial score (nSPS) is 12.6. The standard InChI is InChI=1S/C7H12N4O2S/c8-5(13)2-1-4(12)3-6-9-7(14)11-10-6/h4,12H,1-3H2,(H2,8,13)(H2,9,10,11,14). The minimum atomic E-state index is -0.628. The lowest BCUT2D eigenvalue weighted by Crippen LogP contribution is -2.17. The number of hydrogen-bond acceptors (Lipinski definition) is 4. The SMILES string of the molecule is NC(=O)CCC(O)Cc1n[nH]c(=S)[nH]1. The molecule has 1 aromatic heterocycles. The molecule has 7 heteroatoms. The third-order valence-electron chi connectivity index (χ3n) is 1.70. The number of aliphatic hydroxyl groups excluding tert-OH is 1. The first-order valence-corrected chi connectivity index (χ1v) is 4.58. The Morgan fingerprint density at radius 3 is 2.93 bits per heavy atom. The van der Waals surface area contributed by atoms with Gasteiger partial charge in [0.2, 0.25) is 5.91 Å². The number of carbonyl (C=O) groups excluding carboxylic acids is 1. The number of primary amides is 1. The molecule has 14 heavy (non-hydrogen) atoms. The first kappa shape index (κ1) is 10.9. The van der Waals surface area contributed by atoms with E-state index in [1.54, 1.807) is 0 Å². The number of H-pyrrole nitrogens is 2. The Labute approximate surface area is 85.5 Å². The number of nitrogens with one attached hydrogen (secondary N) is 2. The highest BCUT2D eigenvalue weighted by Gasteiger charge is 2.09. The van der Waals surface area contributed by atoms with Crippen molar-refractivity contribution in [3.05, 3.63) is 10.6 Å². The molecule has 1 aromatic rings. The smallest absolute Gasteiger partial charge is 0.217 e. The molecule has 78 valence electrons. The number of rotatable bonds is 5. The van der Waals surface area contributed by atoms with Crippen molar-refractivity contribution in [2.45, 2.75) is 25.4 Å². The van der Waals surface area contributed by atoms with Crippen molar-refractivity contribution >= 4 is 18.1 Å². The molecule has 0 fully saturated rings. The van der Waals surface area contributed by atoms with Crippen LogP contribution < -0.4 is 5.73 Å². The maximum atomic E-state index is 10.4. The number of aromatic nitrogens is 3. The highest BCUT2D eigenvalue weighted by molar-refractivity contribution is 7.71. The molecular weight excluding hydrogens is 204 g/mol. The average Bonchev–Trinajstić information content (AvgIpc) is 2.48. The van der Waals surface area contributed by atoms with Gasteiger partial charge in [-0.05, 0) is 18.6 Å². The second-order valence-corrected chi connectivity index (χ2v) is 3.40. The fourth-order valence-corrected chi connectivity index (χ4v) is 1.20. The van der Waals surface area contributed by atoms with Crippen LogP contribution in [0.4, 0.5) is 0 Å². The summed E-state index contributed by atoms with van der Waals surface area (Å²) in [6.45, 7) is 0. The third-order valence-corrected chi connectivity index (χ3v) is 1.90. The zero-order chi connectivity index (χ0) is 10.6. The molecule has 5 N–H and O–H groups in total. The van der Waals surface area contributed by atoms with Crippen LogP contribution in [0.2, 0.25) is 0 Å². The van der Waals surface area contributed by atoms with Gasteiger partial charge in [-0.1, -0.05) is 0 Å². The van der Waals surface area contributed by atoms with Gasteiger partial charge in [0.1, 0.15) is 5.82 Å². The van der Waals surface area contributed by atoms with E-state index >= 15 is 0 Å². The summed E-state index contributed by atoms with van der Waals surface area (Å²) < 4.78 is 0.419. The van der Waals surface area contributed by atoms with E-state index in [0.717, 1.165) is 0 Å². The summed E-state index contributed by atoms with van der Waals surface area (Å²) in [5.41, 5.74) is 4.94. The van der Waals surface area contributed by atoms with Crippen LogP contribution in [0.25, 0.3) is 0 Å². The van der Waals surface area contributed by atoms with E-state index in [-0.39, 0.29) is 6.42 Å². The van der Waals surface area contributed by atoms with Crippen molar-refractivity contribution in [2.24, 2.45) is 5.73 Å². The van der Waals surface area contributed by atoms with Gasteiger partial charge in [0.05, 0.1) is 6.10 Å². The molecule has 0 aliphatic heterocycles. The number of aliphatic hydroxyl groups is 1. The predicted octanol–water partition coefficient (Wildman–Crippen LogP) is -0.364. The molecule has 1 heterocycles. The Bertz CT molecular complexity index is 359. The lowest BCUT2D eigenvalue weighted by Gasteiger charge is -2.05. The van der Waals surface area contributed by atoms with Gasteiger partial charge in [-0.3, -0.25) is 9.89 Å². The van der Waals surface area contributed by atoms with Crippen LogP contribution >= 0.6 is 12.2 Å². The van der Waals surface area contributed by atoms with Gasteiger partial charge in [0.15, 0.2) is 4.77 Å². The maximum absolute atomic E-state index is 10.4. The highest BCUT2D eigenvalue weighted by atomic mass is 32.1. The number of hydrogen-bond donors (Lipinski definition) is 4. The number of nitrogens with two attached hydrogens (primary N) is 1. The summed E-state index contributed by atoms with van der Waals surface area (Å²) >= 11 is 4.76. The Hall–Kier alpha value is -1.21. The van der Waals surface area contributed by atoms with Crippen LogP contribution in [0.3, 0.4) is 0 Å². The maximum Gasteiger partial charge on any atom is 0.217 e. The summed E-state index contributed by atoms with van der Waals surface area (Å²) in [5, 5.41) is 15.8. The monoisotopic (exact) mass is 216 g/mol. The molecule has 1 rings (SSSR count). The minimum Gasteiger partial charge on any atom is -0.393 e. The molecule has 0 aromatic carbocycles. The molecule has 0 bridgehead atoms. The van der Waals surface area contributed by atoms with Crippen LogP contribution in [0, 0.1) is 4.77 Å². The Balaban J connectivity index is 2.37. The Morgan fingerprint density at radius 2 is 2.43 bits per heavy atom. The average molecular weight is 216 g/mol. The van der Waals surface area contributed by atoms with Crippen LogP contribution in [0.15, 0.2) is 0 Å². The fraction of sp³-hybridized carbons (Fsp3) is 0.571. The number of amides is 1. The van der Waals surface area contributed by atoms with E-state index in [1.165, 1.54) is 0 Å². The fourth-order valence-electron chi connectivity index (χ4n) is 1.04. The predicted molar refractivity (Wildman–Crippen MR) is 51.9 cm³/mol. The number of nitrogens with zero attached hydrogens (tertiary/aromatic N) is 1. The summed E-state index contributed by atoms with van der Waals surface area (Å²) in [6.07, 6.45) is 0.215. The van der Waals surface area contributed by atoms with E-state index in [4.69, 9.17) is 18.0 Å². The van der Waals surface area contributed by atoms with Crippen molar-refractivity contribution < 1.29 is 9.90 Å². The molecule has 0 spiro atoms. The summed E-state index contributed by atoms with van der Waals surface area (Å²) in [4.78, 5) is 13.2. The number of aromatic amines is 2. The molecule has 1 amide bonds. The molecule has 6 nitrogen and oxygen atoms in total. The van der Waals surface area contributed by atoms with Crippen molar-refractivity contribution in [1.82, 2.24) is 15.2 Å². The molecule has 0 saturated carbocycles. The summed E-state index contributed by atoms with van der Waals surface area (Å²) in [6, 6.07) is 0. The van der Waals surface area contributed by atoms with E-state index < -0.39 is 12.0 Å². The van der Waals surface area contributed by atoms with Gasteiger partial charge < -0.3 is 15.8 Å². The lowest BCUT2D eigenvalue weighted by atomic mass is 10.1. The molecule has 0 saturated heterocycles. The second-order valence-electron chi connectivity index (χ2n) is 2.99. The van der Waals surface area contributed by atoms with Crippen LogP contribution in [0.5, 0.6) is 0 Å². The van der Waals surface area contributed by atoms with Gasteiger partial charge in [0, 0.05) is 12.8 Å². The number of carbonyl (C=O) groups is 1. The molecule has 1 unspecified atom stereocenters. The van der Waals surface area contributed by atoms with Gasteiger partial charge >= 0.3 is 0 Å². The summed E-state index contributed by atoms with van der Waals surface area (Å²) in [5.74, 6) is 0.158. The van der Waals surface area contributed by atoms with Gasteiger partial charge in [-0.15, -0.1) is 0 Å². The summed E-state index contributed by atoms with van der Waals surface area (Å²) in [7, 11) is 0. The molecular formula is C7H12N4O2S. The topological polar surface area (TPSA) is 108 Å². The van der Waals surface area contributed by atoms with Crippen LogP contribution in [0.1, 0.15) is 18.7 Å². The highest BCUT2D eigenvalue weighted by Crippen LogP contribution is 2.02. The molecule has 0 radical (unpaired) electrons.